The van der Waals surface area contributed by atoms with E-state index in [0.717, 1.165) is 0 Å². The Morgan fingerprint density at radius 2 is 1.70 bits per heavy atom. The summed E-state index contributed by atoms with van der Waals surface area (Å²) < 4.78 is 23.8. The van der Waals surface area contributed by atoms with Crippen LogP contribution >= 0.6 is 46.4 Å². The van der Waals surface area contributed by atoms with Gasteiger partial charge in [-0.15, -0.1) is 0 Å². The number of halogens is 4. The van der Waals surface area contributed by atoms with E-state index in [1.54, 1.807) is 36.4 Å². The highest BCUT2D eigenvalue weighted by atomic mass is 35.5. The van der Waals surface area contributed by atoms with Crippen molar-refractivity contribution < 1.29 is 29.2 Å². The molecule has 0 bridgehead atoms. The van der Waals surface area contributed by atoms with Gasteiger partial charge in [-0.25, -0.2) is 0 Å². The monoisotopic (exact) mass is 494 g/mol. The van der Waals surface area contributed by atoms with Crippen molar-refractivity contribution in [2.75, 3.05) is 13.2 Å². The standard InChI is InChI=1S/C20H18Cl4O6/c21-10-2-3-11(13(23)6-10)20-28-16-8-27-19(9-1-4-12(22)14(24)5-9)30-18(16)17(29-20)15(26)7-25/h1-6,15-20,25-26H,7-8H2/t15-,16+,17-,18-,19?,20?/m1/s1. The van der Waals surface area contributed by atoms with Crippen LogP contribution in [0.25, 0.3) is 0 Å². The summed E-state index contributed by atoms with van der Waals surface area (Å²) in [6, 6.07) is 9.94. The van der Waals surface area contributed by atoms with E-state index in [1.165, 1.54) is 0 Å². The van der Waals surface area contributed by atoms with E-state index in [1.807, 2.05) is 0 Å². The molecule has 2 fully saturated rings. The fraction of sp³-hybridized carbons (Fsp3) is 0.400. The second-order valence-corrected chi connectivity index (χ2v) is 8.62. The summed E-state index contributed by atoms with van der Waals surface area (Å²) >= 11 is 24.3. The first kappa shape index (κ1) is 22.6. The smallest absolute Gasteiger partial charge is 0.186 e. The van der Waals surface area contributed by atoms with Crippen LogP contribution in [0.15, 0.2) is 36.4 Å². The summed E-state index contributed by atoms with van der Waals surface area (Å²) in [7, 11) is 0. The van der Waals surface area contributed by atoms with Gasteiger partial charge in [-0.1, -0.05) is 58.5 Å². The molecule has 2 aliphatic rings. The van der Waals surface area contributed by atoms with Gasteiger partial charge >= 0.3 is 0 Å². The van der Waals surface area contributed by atoms with Gasteiger partial charge in [0.15, 0.2) is 12.6 Å². The van der Waals surface area contributed by atoms with Crippen molar-refractivity contribution in [3.63, 3.8) is 0 Å². The topological polar surface area (TPSA) is 77.4 Å². The van der Waals surface area contributed by atoms with Crippen LogP contribution in [-0.4, -0.2) is 47.8 Å². The van der Waals surface area contributed by atoms with Crippen LogP contribution < -0.4 is 0 Å². The number of hydrogen-bond donors (Lipinski definition) is 2. The molecule has 10 heteroatoms. The van der Waals surface area contributed by atoms with Crippen LogP contribution in [0.1, 0.15) is 23.7 Å². The molecule has 6 atom stereocenters. The first-order valence-corrected chi connectivity index (χ1v) is 10.7. The molecule has 0 aromatic heterocycles. The lowest BCUT2D eigenvalue weighted by Crippen LogP contribution is -2.58. The Kier molecular flexibility index (Phi) is 7.11. The Morgan fingerprint density at radius 3 is 2.40 bits per heavy atom. The molecular weight excluding hydrogens is 478 g/mol. The Labute approximate surface area is 193 Å². The molecule has 0 radical (unpaired) electrons. The minimum absolute atomic E-state index is 0.162. The lowest BCUT2D eigenvalue weighted by molar-refractivity contribution is -0.373. The molecule has 2 unspecified atom stereocenters. The van der Waals surface area contributed by atoms with E-state index in [2.05, 4.69) is 0 Å². The van der Waals surface area contributed by atoms with Gasteiger partial charge in [0.25, 0.3) is 0 Å². The third-order valence-electron chi connectivity index (χ3n) is 4.96. The van der Waals surface area contributed by atoms with Crippen LogP contribution in [0.5, 0.6) is 0 Å². The van der Waals surface area contributed by atoms with E-state index < -0.39 is 43.6 Å². The molecule has 2 aromatic carbocycles. The average molecular weight is 496 g/mol. The zero-order chi connectivity index (χ0) is 21.4. The van der Waals surface area contributed by atoms with Crippen molar-refractivity contribution >= 4 is 46.4 Å². The fourth-order valence-electron chi connectivity index (χ4n) is 3.45. The van der Waals surface area contributed by atoms with Gasteiger partial charge in [-0.3, -0.25) is 0 Å². The number of ether oxygens (including phenoxy) is 4. The van der Waals surface area contributed by atoms with Crippen molar-refractivity contribution in [2.24, 2.45) is 0 Å². The molecule has 2 aromatic rings. The van der Waals surface area contributed by atoms with E-state index in [0.29, 0.717) is 31.2 Å². The molecular formula is C20H18Cl4O6. The molecule has 0 saturated carbocycles. The van der Waals surface area contributed by atoms with Crippen LogP contribution in [0.3, 0.4) is 0 Å². The van der Waals surface area contributed by atoms with Gasteiger partial charge in [-0.05, 0) is 24.3 Å². The third kappa shape index (κ3) is 4.59. The predicted octanol–water partition coefficient (Wildman–Crippen LogP) is 4.55. The largest absolute Gasteiger partial charge is 0.394 e. The van der Waals surface area contributed by atoms with Gasteiger partial charge < -0.3 is 29.2 Å². The number of hydrogen-bond acceptors (Lipinski definition) is 6. The molecule has 0 amide bonds. The Morgan fingerprint density at radius 1 is 0.900 bits per heavy atom. The number of aliphatic hydroxyl groups excluding tert-OH is 2. The molecule has 0 aliphatic carbocycles. The van der Waals surface area contributed by atoms with Crippen LogP contribution in [0.2, 0.25) is 20.1 Å². The second-order valence-electron chi connectivity index (χ2n) is 6.96. The molecule has 2 aliphatic heterocycles. The minimum atomic E-state index is -1.21. The summed E-state index contributed by atoms with van der Waals surface area (Å²) in [5, 5.41) is 21.5. The normalized spacial score (nSPS) is 30.0. The molecule has 2 saturated heterocycles. The van der Waals surface area contributed by atoms with E-state index in [4.69, 9.17) is 65.4 Å². The van der Waals surface area contributed by atoms with Crippen LogP contribution in [-0.2, 0) is 18.9 Å². The number of benzene rings is 2. The Bertz CT molecular complexity index is 913. The quantitative estimate of drug-likeness (QED) is 0.647. The number of fused-ring (bicyclic) bond motifs is 1. The third-order valence-corrected chi connectivity index (χ3v) is 6.26. The van der Waals surface area contributed by atoms with Gasteiger partial charge in [0.05, 0.1) is 28.3 Å². The first-order chi connectivity index (χ1) is 14.4. The highest BCUT2D eigenvalue weighted by Crippen LogP contribution is 2.41. The van der Waals surface area contributed by atoms with Gasteiger partial charge in [0.2, 0.25) is 0 Å². The summed E-state index contributed by atoms with van der Waals surface area (Å²) in [6.45, 7) is -0.355. The van der Waals surface area contributed by atoms with Crippen molar-refractivity contribution in [3.8, 4) is 0 Å². The molecule has 162 valence electrons. The summed E-state index contributed by atoms with van der Waals surface area (Å²) in [5.74, 6) is 0. The van der Waals surface area contributed by atoms with Crippen molar-refractivity contribution in [2.45, 2.75) is 37.0 Å². The highest BCUT2D eigenvalue weighted by Gasteiger charge is 2.48. The summed E-state index contributed by atoms with van der Waals surface area (Å²) in [4.78, 5) is 0. The fourth-order valence-corrected chi connectivity index (χ4v) is 4.25. The highest BCUT2D eigenvalue weighted by molar-refractivity contribution is 6.42. The van der Waals surface area contributed by atoms with Crippen LogP contribution in [0.4, 0.5) is 0 Å². The molecule has 30 heavy (non-hydrogen) atoms. The molecule has 0 spiro atoms. The van der Waals surface area contributed by atoms with Gasteiger partial charge in [0.1, 0.15) is 24.4 Å². The van der Waals surface area contributed by atoms with Crippen molar-refractivity contribution in [1.82, 2.24) is 0 Å². The van der Waals surface area contributed by atoms with Crippen molar-refractivity contribution in [3.05, 3.63) is 67.6 Å². The Hall–Kier alpha value is -0.640. The maximum Gasteiger partial charge on any atom is 0.186 e. The zero-order valence-corrected chi connectivity index (χ0v) is 18.4. The minimum Gasteiger partial charge on any atom is -0.394 e. The lowest BCUT2D eigenvalue weighted by Gasteiger charge is -2.47. The average Bonchev–Trinajstić information content (AvgIpc) is 2.74. The van der Waals surface area contributed by atoms with E-state index in [9.17, 15) is 10.2 Å². The maximum atomic E-state index is 10.4. The van der Waals surface area contributed by atoms with Gasteiger partial charge in [-0.2, -0.15) is 0 Å². The van der Waals surface area contributed by atoms with Crippen molar-refractivity contribution in [1.29, 1.82) is 0 Å². The van der Waals surface area contributed by atoms with Gasteiger partial charge in [0, 0.05) is 16.1 Å². The molecule has 6 nitrogen and oxygen atoms in total. The number of rotatable bonds is 4. The number of aliphatic hydroxyl groups is 2. The van der Waals surface area contributed by atoms with E-state index >= 15 is 0 Å². The SMILES string of the molecule is OC[C@@H](O)[C@H]1OC(c2ccc(Cl)cc2Cl)O[C@H]2COC(c3ccc(Cl)c(Cl)c3)O[C@@H]12. The Balaban J connectivity index is 1.58. The molecule has 2 N–H and O–H groups in total. The molecule has 4 rings (SSSR count). The second kappa shape index (κ2) is 9.46. The first-order valence-electron chi connectivity index (χ1n) is 9.14. The lowest BCUT2D eigenvalue weighted by atomic mass is 9.99. The summed E-state index contributed by atoms with van der Waals surface area (Å²) in [5.41, 5.74) is 1.20. The van der Waals surface area contributed by atoms with E-state index in [-0.39, 0.29) is 6.61 Å². The molecule has 2 heterocycles. The predicted molar refractivity (Wildman–Crippen MR) is 112 cm³/mol. The maximum absolute atomic E-state index is 10.4. The summed E-state index contributed by atoms with van der Waals surface area (Å²) in [6.07, 6.45) is -5.03. The van der Waals surface area contributed by atoms with Crippen LogP contribution in [0, 0.1) is 0 Å². The zero-order valence-electron chi connectivity index (χ0n) is 15.4.